The molecule has 0 spiro atoms. The van der Waals surface area contributed by atoms with Crippen molar-refractivity contribution in [1.29, 1.82) is 0 Å². The fourth-order valence-corrected chi connectivity index (χ4v) is 8.00. The number of furan rings is 1. The molecular weight excluding hydrogens is 581 g/mol. The van der Waals surface area contributed by atoms with Crippen LogP contribution in [0.15, 0.2) is 162 Å². The first-order valence-electron chi connectivity index (χ1n) is 20.1. The number of para-hydroxylation sites is 1. The number of hydrogen-bond acceptors (Lipinski definition) is 1. The van der Waals surface area contributed by atoms with E-state index in [4.69, 9.17) is 9.90 Å². The van der Waals surface area contributed by atoms with Gasteiger partial charge in [-0.2, -0.15) is 0 Å². The average Bonchev–Trinajstić information content (AvgIpc) is 3.71. The first kappa shape index (κ1) is 20.3. The van der Waals surface area contributed by atoms with Crippen LogP contribution in [0.4, 0.5) is 0 Å². The fourth-order valence-electron chi connectivity index (χ4n) is 8.00. The molecule has 1 aliphatic carbocycles. The Labute approximate surface area is 291 Å². The minimum atomic E-state index is -0.436. The molecule has 1 heteroatoms. The third kappa shape index (κ3) is 3.73. The van der Waals surface area contributed by atoms with Crippen molar-refractivity contribution in [2.75, 3.05) is 0 Å². The van der Waals surface area contributed by atoms with Crippen molar-refractivity contribution < 1.29 is 15.4 Å². The van der Waals surface area contributed by atoms with E-state index < -0.39 is 24.2 Å². The lowest BCUT2D eigenvalue weighted by Gasteiger charge is -2.21. The molecule has 0 N–H and O–H groups in total. The highest BCUT2D eigenvalue weighted by atomic mass is 16.3. The third-order valence-corrected chi connectivity index (χ3v) is 10.1. The van der Waals surface area contributed by atoms with Crippen LogP contribution in [0.25, 0.3) is 88.0 Å². The van der Waals surface area contributed by atoms with Gasteiger partial charge in [-0.25, -0.2) is 0 Å². The second kappa shape index (κ2) is 10.0. The highest BCUT2D eigenvalue weighted by Gasteiger charge is 2.36. The Bertz CT molecular complexity index is 3130. The summed E-state index contributed by atoms with van der Waals surface area (Å²) in [5, 5.41) is 2.15. The molecule has 0 atom stereocenters. The first-order chi connectivity index (χ1) is 26.9. The van der Waals surface area contributed by atoms with Crippen LogP contribution in [0.5, 0.6) is 0 Å². The van der Waals surface area contributed by atoms with Gasteiger partial charge in [0, 0.05) is 16.2 Å². The first-order valence-corrected chi connectivity index (χ1v) is 16.1. The number of hydrogen-bond donors (Lipinski definition) is 0. The van der Waals surface area contributed by atoms with E-state index in [2.05, 4.69) is 50.2 Å². The van der Waals surface area contributed by atoms with E-state index >= 15 is 0 Å². The summed E-state index contributed by atoms with van der Waals surface area (Å²) in [6.07, 6.45) is 0. The molecule has 0 fully saturated rings. The van der Waals surface area contributed by atoms with E-state index in [1.54, 1.807) is 6.07 Å². The molecule has 10 rings (SSSR count). The molecule has 0 radical (unpaired) electrons. The summed E-state index contributed by atoms with van der Waals surface area (Å²) in [7, 11) is 0. The fraction of sp³-hybridized carbons (Fsp3) is 0.0638. The van der Waals surface area contributed by atoms with Crippen molar-refractivity contribution in [3.8, 4) is 44.5 Å². The molecule has 1 heterocycles. The normalized spacial score (nSPS) is 15.7. The number of benzene rings is 8. The molecule has 48 heavy (non-hydrogen) atoms. The van der Waals surface area contributed by atoms with Gasteiger partial charge in [-0.1, -0.05) is 153 Å². The quantitative estimate of drug-likeness (QED) is 0.179. The maximum absolute atomic E-state index is 9.48. The van der Waals surface area contributed by atoms with E-state index in [1.165, 1.54) is 11.1 Å². The Morgan fingerprint density at radius 3 is 1.81 bits per heavy atom. The zero-order valence-electron chi connectivity index (χ0n) is 34.3. The van der Waals surface area contributed by atoms with E-state index in [9.17, 15) is 5.48 Å². The molecule has 0 saturated carbocycles. The van der Waals surface area contributed by atoms with Crippen molar-refractivity contribution in [3.05, 3.63) is 169 Å². The molecule has 226 valence electrons. The van der Waals surface area contributed by atoms with E-state index in [0.29, 0.717) is 38.8 Å². The van der Waals surface area contributed by atoms with Crippen LogP contribution in [0.2, 0.25) is 0 Å². The Hall–Kier alpha value is -5.92. The molecule has 0 aliphatic heterocycles. The average molecular weight is 621 g/mol. The second-order valence-corrected chi connectivity index (χ2v) is 13.0. The summed E-state index contributed by atoms with van der Waals surface area (Å²) in [5.74, 6) is 0. The molecule has 1 nitrogen and oxygen atoms in total. The minimum Gasteiger partial charge on any atom is -0.456 e. The predicted molar refractivity (Wildman–Crippen MR) is 203 cm³/mol. The van der Waals surface area contributed by atoms with Crippen molar-refractivity contribution >= 4 is 43.5 Å². The van der Waals surface area contributed by atoms with Gasteiger partial charge in [0.2, 0.25) is 0 Å². The molecule has 0 bridgehead atoms. The molecule has 8 aromatic carbocycles. The van der Waals surface area contributed by atoms with Crippen LogP contribution in [0.1, 0.15) is 35.9 Å². The van der Waals surface area contributed by atoms with Crippen molar-refractivity contribution in [2.45, 2.75) is 19.3 Å². The van der Waals surface area contributed by atoms with Crippen LogP contribution < -0.4 is 0 Å². The Kier molecular flexibility index (Phi) is 4.25. The zero-order valence-corrected chi connectivity index (χ0v) is 26.3. The molecule has 1 aliphatic rings. The highest BCUT2D eigenvalue weighted by Crippen LogP contribution is 2.53. The molecule has 0 saturated heterocycles. The molecular formula is C47H32O. The maximum atomic E-state index is 9.48. The van der Waals surface area contributed by atoms with Crippen LogP contribution in [0.3, 0.4) is 0 Å². The van der Waals surface area contributed by atoms with Gasteiger partial charge >= 0.3 is 0 Å². The standard InChI is InChI=1S/C47H32O/c1-47(2)39-24-9-7-20-36(39)45-31(22-12-25-40(45)47)29-14-11-15-30(28-29)43-32-16-3-5-18-34(32)44(35-19-6-4-17-33(35)43)38-23-13-27-42-46(38)37-21-8-10-26-41(37)48-42/h3-28H,1-2H3/i3D,4D,5D,6D,16D,17D,18D,19D. The maximum Gasteiger partial charge on any atom is 0.136 e. The summed E-state index contributed by atoms with van der Waals surface area (Å²) in [5.41, 5.74) is 9.24. The van der Waals surface area contributed by atoms with Crippen molar-refractivity contribution in [3.63, 3.8) is 0 Å². The van der Waals surface area contributed by atoms with Gasteiger partial charge < -0.3 is 4.42 Å². The Morgan fingerprint density at radius 1 is 0.458 bits per heavy atom. The third-order valence-electron chi connectivity index (χ3n) is 10.1. The van der Waals surface area contributed by atoms with Gasteiger partial charge in [0.25, 0.3) is 0 Å². The van der Waals surface area contributed by atoms with Gasteiger partial charge in [-0.15, -0.1) is 0 Å². The molecule has 0 amide bonds. The lowest BCUT2D eigenvalue weighted by Crippen LogP contribution is -2.14. The number of rotatable bonds is 3. The van der Waals surface area contributed by atoms with Gasteiger partial charge in [-0.3, -0.25) is 0 Å². The summed E-state index contributed by atoms with van der Waals surface area (Å²) in [6, 6.07) is 32.5. The summed E-state index contributed by atoms with van der Waals surface area (Å²) in [6.45, 7) is 4.45. The summed E-state index contributed by atoms with van der Waals surface area (Å²) in [4.78, 5) is 0. The lowest BCUT2D eigenvalue weighted by atomic mass is 9.81. The monoisotopic (exact) mass is 620 g/mol. The van der Waals surface area contributed by atoms with Gasteiger partial charge in [0.1, 0.15) is 11.2 Å². The van der Waals surface area contributed by atoms with Crippen LogP contribution >= 0.6 is 0 Å². The highest BCUT2D eigenvalue weighted by molar-refractivity contribution is 6.25. The lowest BCUT2D eigenvalue weighted by molar-refractivity contribution is 0.660. The summed E-state index contributed by atoms with van der Waals surface area (Å²) >= 11 is 0. The minimum absolute atomic E-state index is 0.169. The summed E-state index contributed by atoms with van der Waals surface area (Å²) < 4.78 is 79.7. The Balaban J connectivity index is 1.39. The van der Waals surface area contributed by atoms with E-state index in [0.717, 1.165) is 27.6 Å². The van der Waals surface area contributed by atoms with E-state index in [1.807, 2.05) is 66.7 Å². The van der Waals surface area contributed by atoms with Crippen molar-refractivity contribution in [2.24, 2.45) is 0 Å². The SMILES string of the molecule is [2H]c1c([2H])c([2H])c2c(-c3cccc4oc5ccccc5c34)c3c([2H])c([2H])c([2H])c([2H])c3c(-c3cccc(-c4cccc5c4-c4ccccc4C5(C)C)c3)c2c1[2H]. The molecule has 0 unspecified atom stereocenters. The molecule has 1 aromatic heterocycles. The van der Waals surface area contributed by atoms with Gasteiger partial charge in [0.05, 0.1) is 11.0 Å². The van der Waals surface area contributed by atoms with E-state index in [-0.39, 0.29) is 51.1 Å². The Morgan fingerprint density at radius 2 is 1.02 bits per heavy atom. The predicted octanol–water partition coefficient (Wildman–Crippen LogP) is 13.2. The van der Waals surface area contributed by atoms with Gasteiger partial charge in [0.15, 0.2) is 0 Å². The van der Waals surface area contributed by atoms with Gasteiger partial charge in [-0.05, 0) is 95.4 Å². The zero-order chi connectivity index (χ0) is 38.9. The largest absolute Gasteiger partial charge is 0.456 e. The number of fused-ring (bicyclic) bond motifs is 8. The van der Waals surface area contributed by atoms with Crippen LogP contribution in [0, 0.1) is 0 Å². The van der Waals surface area contributed by atoms with Crippen LogP contribution in [-0.2, 0) is 5.41 Å². The molecule has 9 aromatic rings. The topological polar surface area (TPSA) is 13.1 Å². The smallest absolute Gasteiger partial charge is 0.136 e. The van der Waals surface area contributed by atoms with Crippen molar-refractivity contribution in [1.82, 2.24) is 0 Å². The second-order valence-electron chi connectivity index (χ2n) is 13.0. The van der Waals surface area contributed by atoms with Crippen LogP contribution in [-0.4, -0.2) is 0 Å².